The van der Waals surface area contributed by atoms with E-state index in [1.807, 2.05) is 13.8 Å². The van der Waals surface area contributed by atoms with E-state index in [2.05, 4.69) is 15.9 Å². The van der Waals surface area contributed by atoms with Crippen LogP contribution < -0.4 is 0 Å². The second kappa shape index (κ2) is 6.05. The van der Waals surface area contributed by atoms with Gasteiger partial charge in [0.25, 0.3) is 5.91 Å². The number of carbonyl (C=O) groups is 1. The summed E-state index contributed by atoms with van der Waals surface area (Å²) in [4.78, 5) is 14.1. The van der Waals surface area contributed by atoms with Crippen LogP contribution in [0.25, 0.3) is 0 Å². The van der Waals surface area contributed by atoms with Crippen LogP contribution in [0.3, 0.4) is 0 Å². The largest absolute Gasteiger partial charge is 0.508 e. The number of aromatic hydroxyl groups is 1. The molecule has 4 heteroatoms. The fraction of sp³-hybridized carbons (Fsp3) is 0.462. The molecule has 0 spiro atoms. The summed E-state index contributed by atoms with van der Waals surface area (Å²) in [5.74, 6) is 0.223. The molecule has 0 bridgehead atoms. The zero-order valence-corrected chi connectivity index (χ0v) is 12.0. The molecule has 1 N–H and O–H groups in total. The van der Waals surface area contributed by atoms with E-state index in [0.29, 0.717) is 12.1 Å². The van der Waals surface area contributed by atoms with Crippen LogP contribution >= 0.6 is 15.9 Å². The lowest BCUT2D eigenvalue weighted by molar-refractivity contribution is 0.0719. The highest BCUT2D eigenvalue weighted by Gasteiger charge is 2.18. The Balaban J connectivity index is 2.97. The molecule has 0 aliphatic carbocycles. The van der Waals surface area contributed by atoms with E-state index in [0.717, 1.165) is 10.9 Å². The maximum Gasteiger partial charge on any atom is 0.254 e. The SMILES string of the molecule is Cc1cc(C(=O)N(CCBr)C(C)C)ccc1O. The van der Waals surface area contributed by atoms with Gasteiger partial charge in [0.15, 0.2) is 0 Å². The molecule has 1 rings (SSSR count). The summed E-state index contributed by atoms with van der Waals surface area (Å²) >= 11 is 3.35. The van der Waals surface area contributed by atoms with Crippen molar-refractivity contribution in [2.24, 2.45) is 0 Å². The van der Waals surface area contributed by atoms with E-state index in [-0.39, 0.29) is 17.7 Å². The molecule has 94 valence electrons. The fourth-order valence-electron chi connectivity index (χ4n) is 1.64. The van der Waals surface area contributed by atoms with Crippen molar-refractivity contribution in [2.45, 2.75) is 26.8 Å². The Labute approximate surface area is 111 Å². The quantitative estimate of drug-likeness (QED) is 0.869. The van der Waals surface area contributed by atoms with E-state index < -0.39 is 0 Å². The van der Waals surface area contributed by atoms with Crippen molar-refractivity contribution in [3.05, 3.63) is 29.3 Å². The van der Waals surface area contributed by atoms with Crippen LogP contribution in [0.2, 0.25) is 0 Å². The van der Waals surface area contributed by atoms with Gasteiger partial charge in [-0.15, -0.1) is 0 Å². The molecular formula is C13H18BrNO2. The first-order valence-corrected chi connectivity index (χ1v) is 6.76. The first-order valence-electron chi connectivity index (χ1n) is 5.64. The summed E-state index contributed by atoms with van der Waals surface area (Å²) in [5.41, 5.74) is 1.34. The lowest BCUT2D eigenvalue weighted by Crippen LogP contribution is -2.38. The number of aryl methyl sites for hydroxylation is 1. The van der Waals surface area contributed by atoms with Crippen molar-refractivity contribution < 1.29 is 9.90 Å². The number of carbonyl (C=O) groups excluding carboxylic acids is 1. The summed E-state index contributed by atoms with van der Waals surface area (Å²) in [7, 11) is 0. The average Bonchev–Trinajstić information content (AvgIpc) is 2.28. The smallest absolute Gasteiger partial charge is 0.254 e. The summed E-state index contributed by atoms with van der Waals surface area (Å²) in [6, 6.07) is 5.11. The number of halogens is 1. The third-order valence-electron chi connectivity index (χ3n) is 2.65. The molecule has 0 fully saturated rings. The fourth-order valence-corrected chi connectivity index (χ4v) is 2.02. The number of phenolic OH excluding ortho intramolecular Hbond substituents is 1. The van der Waals surface area contributed by atoms with Crippen molar-refractivity contribution in [3.63, 3.8) is 0 Å². The molecule has 0 aliphatic rings. The summed E-state index contributed by atoms with van der Waals surface area (Å²) < 4.78 is 0. The van der Waals surface area contributed by atoms with Crippen molar-refractivity contribution in [2.75, 3.05) is 11.9 Å². The molecule has 0 radical (unpaired) electrons. The Hall–Kier alpha value is -1.03. The predicted molar refractivity (Wildman–Crippen MR) is 72.8 cm³/mol. The summed E-state index contributed by atoms with van der Waals surface area (Å²) in [6.07, 6.45) is 0. The molecule has 1 aromatic rings. The Morgan fingerprint density at radius 2 is 2.12 bits per heavy atom. The number of hydrogen-bond donors (Lipinski definition) is 1. The molecule has 0 aliphatic heterocycles. The van der Waals surface area contributed by atoms with Crippen molar-refractivity contribution in [1.82, 2.24) is 4.90 Å². The second-order valence-electron chi connectivity index (χ2n) is 4.28. The highest BCUT2D eigenvalue weighted by molar-refractivity contribution is 9.09. The number of amides is 1. The van der Waals surface area contributed by atoms with Gasteiger partial charge < -0.3 is 10.0 Å². The van der Waals surface area contributed by atoms with Gasteiger partial charge in [0.2, 0.25) is 0 Å². The zero-order chi connectivity index (χ0) is 13.0. The predicted octanol–water partition coefficient (Wildman–Crippen LogP) is 2.95. The van der Waals surface area contributed by atoms with Crippen LogP contribution in [-0.2, 0) is 0 Å². The van der Waals surface area contributed by atoms with Crippen molar-refractivity contribution in [1.29, 1.82) is 0 Å². The Morgan fingerprint density at radius 1 is 1.47 bits per heavy atom. The normalized spacial score (nSPS) is 10.6. The van der Waals surface area contributed by atoms with E-state index >= 15 is 0 Å². The standard InChI is InChI=1S/C13H18BrNO2/c1-9(2)15(7-6-14)13(17)11-4-5-12(16)10(3)8-11/h4-5,8-9,16H,6-7H2,1-3H3. The molecule has 0 saturated carbocycles. The average molecular weight is 300 g/mol. The van der Waals surface area contributed by atoms with Crippen LogP contribution in [0.4, 0.5) is 0 Å². The van der Waals surface area contributed by atoms with Crippen LogP contribution in [-0.4, -0.2) is 33.8 Å². The van der Waals surface area contributed by atoms with Crippen molar-refractivity contribution >= 4 is 21.8 Å². The third-order valence-corrected chi connectivity index (χ3v) is 3.01. The van der Waals surface area contributed by atoms with E-state index in [4.69, 9.17) is 0 Å². The van der Waals surface area contributed by atoms with Crippen LogP contribution in [0, 0.1) is 6.92 Å². The number of hydrogen-bond acceptors (Lipinski definition) is 2. The maximum atomic E-state index is 12.3. The van der Waals surface area contributed by atoms with Gasteiger partial charge in [0, 0.05) is 23.5 Å². The monoisotopic (exact) mass is 299 g/mol. The van der Waals surface area contributed by atoms with Gasteiger partial charge in [-0.25, -0.2) is 0 Å². The van der Waals surface area contributed by atoms with Crippen LogP contribution in [0.5, 0.6) is 5.75 Å². The Bertz CT molecular complexity index is 404. The van der Waals surface area contributed by atoms with E-state index in [9.17, 15) is 9.90 Å². The van der Waals surface area contributed by atoms with Gasteiger partial charge in [-0.05, 0) is 44.5 Å². The molecule has 0 aromatic heterocycles. The maximum absolute atomic E-state index is 12.3. The van der Waals surface area contributed by atoms with Gasteiger partial charge in [-0.1, -0.05) is 15.9 Å². The molecule has 17 heavy (non-hydrogen) atoms. The van der Waals surface area contributed by atoms with Gasteiger partial charge in [0.1, 0.15) is 5.75 Å². The molecule has 0 unspecified atom stereocenters. The molecule has 1 aromatic carbocycles. The van der Waals surface area contributed by atoms with Crippen LogP contribution in [0.1, 0.15) is 29.8 Å². The van der Waals surface area contributed by atoms with E-state index in [1.54, 1.807) is 30.0 Å². The Kier molecular flexibility index (Phi) is 5.00. The molecule has 0 heterocycles. The minimum atomic E-state index is 0.00236. The molecule has 0 atom stereocenters. The highest BCUT2D eigenvalue weighted by atomic mass is 79.9. The first kappa shape index (κ1) is 14.0. The van der Waals surface area contributed by atoms with Gasteiger partial charge >= 0.3 is 0 Å². The lowest BCUT2D eigenvalue weighted by Gasteiger charge is -2.26. The second-order valence-corrected chi connectivity index (χ2v) is 5.08. The van der Waals surface area contributed by atoms with Crippen LogP contribution in [0.15, 0.2) is 18.2 Å². The van der Waals surface area contributed by atoms with Gasteiger partial charge in [-0.2, -0.15) is 0 Å². The molecule has 3 nitrogen and oxygen atoms in total. The number of alkyl halides is 1. The molecule has 1 amide bonds. The number of phenols is 1. The topological polar surface area (TPSA) is 40.5 Å². The van der Waals surface area contributed by atoms with E-state index in [1.165, 1.54) is 0 Å². The van der Waals surface area contributed by atoms with Gasteiger partial charge in [0.05, 0.1) is 0 Å². The number of rotatable bonds is 4. The summed E-state index contributed by atoms with van der Waals surface area (Å²) in [5, 5.41) is 10.2. The minimum absolute atomic E-state index is 0.00236. The third kappa shape index (κ3) is 3.46. The summed E-state index contributed by atoms with van der Waals surface area (Å²) in [6.45, 7) is 6.45. The molecular weight excluding hydrogens is 282 g/mol. The highest BCUT2D eigenvalue weighted by Crippen LogP contribution is 2.18. The van der Waals surface area contributed by atoms with Gasteiger partial charge in [-0.3, -0.25) is 4.79 Å². The number of nitrogens with zero attached hydrogens (tertiary/aromatic N) is 1. The number of benzene rings is 1. The lowest BCUT2D eigenvalue weighted by atomic mass is 10.1. The Morgan fingerprint density at radius 3 is 2.59 bits per heavy atom. The minimum Gasteiger partial charge on any atom is -0.508 e. The first-order chi connectivity index (χ1) is 7.97. The molecule has 0 saturated heterocycles. The van der Waals surface area contributed by atoms with Crippen molar-refractivity contribution in [3.8, 4) is 5.75 Å². The zero-order valence-electron chi connectivity index (χ0n) is 10.4.